The molecule has 1 aromatic heterocycles. The number of carbonyl (C=O) groups is 1. The number of aryl methyl sites for hydroxylation is 2. The Hall–Kier alpha value is -2.73. The fraction of sp³-hybridized carbons (Fsp3) is 0.300. The molecule has 5 nitrogen and oxygen atoms in total. The molecule has 36 heavy (non-hydrogen) atoms. The zero-order valence-corrected chi connectivity index (χ0v) is 22.9. The van der Waals surface area contributed by atoms with Crippen LogP contribution in [0.15, 0.2) is 71.1 Å². The minimum absolute atomic E-state index is 0. The maximum atomic E-state index is 11.3. The zero-order chi connectivity index (χ0) is 24.2. The van der Waals surface area contributed by atoms with Crippen LogP contribution in [0.2, 0.25) is 0 Å². The molecule has 0 fully saturated rings. The number of furan rings is 1. The Labute approximate surface area is 233 Å². The minimum atomic E-state index is -0.956. The predicted octanol–water partition coefficient (Wildman–Crippen LogP) is 2.66. The first-order valence-corrected chi connectivity index (χ1v) is 12.3. The molecule has 0 spiro atoms. The Bertz CT molecular complexity index is 1330. The molecule has 0 saturated heterocycles. The average molecular weight is 493 g/mol. The van der Waals surface area contributed by atoms with E-state index in [0.717, 1.165) is 64.4 Å². The van der Waals surface area contributed by atoms with Gasteiger partial charge in [0.2, 0.25) is 0 Å². The second-order valence-corrected chi connectivity index (χ2v) is 9.12. The smallest absolute Gasteiger partial charge is 0.550 e. The number of fused-ring (bicyclic) bond motifs is 3. The van der Waals surface area contributed by atoms with Crippen molar-refractivity contribution < 1.29 is 53.3 Å². The van der Waals surface area contributed by atoms with Gasteiger partial charge in [0.1, 0.15) is 28.6 Å². The van der Waals surface area contributed by atoms with Crippen molar-refractivity contribution in [3.8, 4) is 17.2 Å². The van der Waals surface area contributed by atoms with Gasteiger partial charge < -0.3 is 23.8 Å². The molecule has 0 N–H and O–H groups in total. The molecule has 1 aliphatic carbocycles. The van der Waals surface area contributed by atoms with Gasteiger partial charge in [-0.05, 0) is 84.8 Å². The van der Waals surface area contributed by atoms with Crippen molar-refractivity contribution in [3.05, 3.63) is 89.2 Å². The standard InChI is InChI=1S/C30H30O5.Na/c1-2-6-21-18-24(34-23-7-4-3-5-8-23)11-14-28(21)33-16-15-25-19-27-26-12-9-22(30(31)32)17-20(26)10-13-29(27)35-25;/h3-5,7-8,10-11,13-14,18-19,22H,2,6,9,12,15-17H2,1H3,(H,31,32);/q;+1/p-1. The summed E-state index contributed by atoms with van der Waals surface area (Å²) in [6.45, 7) is 2.66. The monoisotopic (exact) mass is 492 g/mol. The first-order valence-electron chi connectivity index (χ1n) is 12.3. The second-order valence-electron chi connectivity index (χ2n) is 9.12. The van der Waals surface area contributed by atoms with Crippen molar-refractivity contribution in [1.82, 2.24) is 0 Å². The van der Waals surface area contributed by atoms with E-state index in [1.807, 2.05) is 54.6 Å². The number of aliphatic carboxylic acids is 1. The molecular formula is C30H29NaO5. The van der Waals surface area contributed by atoms with Crippen molar-refractivity contribution in [2.24, 2.45) is 5.92 Å². The minimum Gasteiger partial charge on any atom is -0.550 e. The number of carboxylic acid groups (broad SMARTS) is 1. The number of carboxylic acids is 1. The fourth-order valence-electron chi connectivity index (χ4n) is 4.88. The largest absolute Gasteiger partial charge is 1.00 e. The molecular weight excluding hydrogens is 463 g/mol. The number of hydrogen-bond acceptors (Lipinski definition) is 5. The van der Waals surface area contributed by atoms with Gasteiger partial charge in [0.15, 0.2) is 0 Å². The molecule has 1 heterocycles. The third kappa shape index (κ3) is 5.97. The molecule has 1 unspecified atom stereocenters. The molecule has 5 rings (SSSR count). The summed E-state index contributed by atoms with van der Waals surface area (Å²) in [7, 11) is 0. The third-order valence-electron chi connectivity index (χ3n) is 6.64. The number of ether oxygens (including phenoxy) is 2. The van der Waals surface area contributed by atoms with E-state index in [4.69, 9.17) is 13.9 Å². The van der Waals surface area contributed by atoms with Gasteiger partial charge in [0.25, 0.3) is 0 Å². The quantitative estimate of drug-likeness (QED) is 0.336. The molecule has 1 aliphatic rings. The number of carbonyl (C=O) groups excluding carboxylic acids is 1. The summed E-state index contributed by atoms with van der Waals surface area (Å²) < 4.78 is 18.2. The van der Waals surface area contributed by atoms with Crippen molar-refractivity contribution in [1.29, 1.82) is 0 Å². The van der Waals surface area contributed by atoms with Crippen LogP contribution in [0.1, 0.15) is 42.2 Å². The summed E-state index contributed by atoms with van der Waals surface area (Å²) in [6.07, 6.45) is 4.45. The van der Waals surface area contributed by atoms with E-state index in [2.05, 4.69) is 19.1 Å². The second kappa shape index (κ2) is 12.0. The van der Waals surface area contributed by atoms with Crippen molar-refractivity contribution >= 4 is 16.9 Å². The number of rotatable bonds is 9. The number of para-hydroxylation sites is 1. The Morgan fingerprint density at radius 3 is 2.64 bits per heavy atom. The van der Waals surface area contributed by atoms with Crippen molar-refractivity contribution in [2.75, 3.05) is 6.61 Å². The van der Waals surface area contributed by atoms with Crippen LogP contribution < -0.4 is 44.1 Å². The SMILES string of the molecule is CCCc1cc(Oc2ccccc2)ccc1OCCc1cc2c3c(ccc2o1)CC(C(=O)[O-])CC3.[Na+]. The maximum Gasteiger partial charge on any atom is 1.00 e. The van der Waals surface area contributed by atoms with Gasteiger partial charge in [-0.3, -0.25) is 0 Å². The number of hydrogen-bond donors (Lipinski definition) is 0. The maximum absolute atomic E-state index is 11.3. The molecule has 4 aromatic rings. The summed E-state index contributed by atoms with van der Waals surface area (Å²) in [6, 6.07) is 21.8. The first kappa shape index (κ1) is 26.3. The molecule has 6 heteroatoms. The van der Waals surface area contributed by atoms with E-state index in [1.165, 1.54) is 5.56 Å². The summed E-state index contributed by atoms with van der Waals surface area (Å²) in [5, 5.41) is 12.4. The van der Waals surface area contributed by atoms with E-state index in [-0.39, 0.29) is 29.6 Å². The van der Waals surface area contributed by atoms with Crippen LogP contribution in [-0.2, 0) is 30.5 Å². The predicted molar refractivity (Wildman–Crippen MR) is 133 cm³/mol. The summed E-state index contributed by atoms with van der Waals surface area (Å²) in [5.74, 6) is 2.00. The van der Waals surface area contributed by atoms with E-state index in [0.29, 0.717) is 25.9 Å². The van der Waals surface area contributed by atoms with Crippen LogP contribution >= 0.6 is 0 Å². The summed E-state index contributed by atoms with van der Waals surface area (Å²) in [5.41, 5.74) is 4.26. The normalized spacial score (nSPS) is 14.6. The van der Waals surface area contributed by atoms with Gasteiger partial charge in [-0.25, -0.2) is 0 Å². The van der Waals surface area contributed by atoms with E-state index in [9.17, 15) is 9.90 Å². The summed E-state index contributed by atoms with van der Waals surface area (Å²) >= 11 is 0. The molecule has 0 radical (unpaired) electrons. The van der Waals surface area contributed by atoms with Gasteiger partial charge in [-0.2, -0.15) is 0 Å². The van der Waals surface area contributed by atoms with E-state index < -0.39 is 11.9 Å². The molecule has 1 atom stereocenters. The zero-order valence-electron chi connectivity index (χ0n) is 20.9. The van der Waals surface area contributed by atoms with Crippen LogP contribution in [0.5, 0.6) is 17.2 Å². The Morgan fingerprint density at radius 1 is 1.03 bits per heavy atom. The topological polar surface area (TPSA) is 71.7 Å². The van der Waals surface area contributed by atoms with Crippen LogP contribution in [-0.4, -0.2) is 12.6 Å². The fourth-order valence-corrected chi connectivity index (χ4v) is 4.88. The van der Waals surface area contributed by atoms with Crippen LogP contribution in [0, 0.1) is 5.92 Å². The Kier molecular flexibility index (Phi) is 8.78. The number of benzene rings is 3. The molecule has 3 aromatic carbocycles. The molecule has 0 saturated carbocycles. The van der Waals surface area contributed by atoms with Crippen LogP contribution in [0.4, 0.5) is 0 Å². The van der Waals surface area contributed by atoms with Crippen LogP contribution in [0.3, 0.4) is 0 Å². The van der Waals surface area contributed by atoms with Gasteiger partial charge in [-0.15, -0.1) is 0 Å². The molecule has 0 aliphatic heterocycles. The van der Waals surface area contributed by atoms with Gasteiger partial charge >= 0.3 is 29.6 Å². The van der Waals surface area contributed by atoms with E-state index in [1.54, 1.807) is 0 Å². The van der Waals surface area contributed by atoms with Crippen LogP contribution in [0.25, 0.3) is 11.0 Å². The Morgan fingerprint density at radius 2 is 1.86 bits per heavy atom. The third-order valence-corrected chi connectivity index (χ3v) is 6.64. The molecule has 0 bridgehead atoms. The van der Waals surface area contributed by atoms with Crippen molar-refractivity contribution in [3.63, 3.8) is 0 Å². The van der Waals surface area contributed by atoms with Gasteiger partial charge in [0.05, 0.1) is 6.61 Å². The molecule has 0 amide bonds. The average Bonchev–Trinajstić information content (AvgIpc) is 3.29. The van der Waals surface area contributed by atoms with Crippen molar-refractivity contribution in [2.45, 2.75) is 45.4 Å². The molecule has 180 valence electrons. The van der Waals surface area contributed by atoms with Gasteiger partial charge in [-0.1, -0.05) is 37.6 Å². The summed E-state index contributed by atoms with van der Waals surface area (Å²) in [4.78, 5) is 11.3. The van der Waals surface area contributed by atoms with E-state index >= 15 is 0 Å². The first-order chi connectivity index (χ1) is 17.1. The van der Waals surface area contributed by atoms with Gasteiger partial charge in [0, 0.05) is 23.7 Å². The Balaban J connectivity index is 0.00000304.